The molecule has 158 valence electrons. The number of carboxylic acids is 1. The first-order chi connectivity index (χ1) is 14.7. The minimum Gasteiger partial charge on any atom is -0.481 e. The molecule has 0 aromatic heterocycles. The fourth-order valence-electron chi connectivity index (χ4n) is 5.43. The van der Waals surface area contributed by atoms with Gasteiger partial charge >= 0.3 is 5.97 Å². The molecule has 3 N–H and O–H groups in total. The van der Waals surface area contributed by atoms with Crippen molar-refractivity contribution in [3.63, 3.8) is 0 Å². The van der Waals surface area contributed by atoms with E-state index in [0.29, 0.717) is 0 Å². The van der Waals surface area contributed by atoms with Gasteiger partial charge in [-0.25, -0.2) is 0 Å². The van der Waals surface area contributed by atoms with E-state index in [2.05, 4.69) is 59.5 Å². The van der Waals surface area contributed by atoms with Crippen LogP contribution in [0.1, 0.15) is 35.1 Å². The summed E-state index contributed by atoms with van der Waals surface area (Å²) in [5.74, 6) is -1.27. The molecule has 2 aliphatic rings. The molecule has 2 saturated heterocycles. The van der Waals surface area contributed by atoms with Crippen molar-refractivity contribution in [2.45, 2.75) is 24.4 Å². The van der Waals surface area contributed by atoms with Crippen molar-refractivity contribution in [2.24, 2.45) is 5.92 Å². The van der Waals surface area contributed by atoms with Crippen molar-refractivity contribution in [3.05, 3.63) is 113 Å². The van der Waals surface area contributed by atoms with Crippen LogP contribution in [0.4, 0.5) is 0 Å². The zero-order valence-electron chi connectivity index (χ0n) is 17.3. The summed E-state index contributed by atoms with van der Waals surface area (Å²) < 4.78 is 0. The van der Waals surface area contributed by atoms with Crippen LogP contribution in [-0.2, 0) is 4.79 Å². The first-order valence-electron chi connectivity index (χ1n) is 10.6. The van der Waals surface area contributed by atoms with Gasteiger partial charge < -0.3 is 10.6 Å². The highest BCUT2D eigenvalue weighted by Crippen LogP contribution is 2.55. The van der Waals surface area contributed by atoms with Crippen LogP contribution in [0, 0.1) is 5.92 Å². The summed E-state index contributed by atoms with van der Waals surface area (Å²) in [6.07, 6.45) is 3.12. The van der Waals surface area contributed by atoms with Crippen LogP contribution in [0.15, 0.2) is 96.6 Å². The summed E-state index contributed by atoms with van der Waals surface area (Å²) in [6.45, 7) is 0.885. The second kappa shape index (κ2) is 8.88. The Hall–Kier alpha value is -3.21. The van der Waals surface area contributed by atoms with Crippen molar-refractivity contribution < 1.29 is 15.4 Å². The first-order valence-corrected chi connectivity index (χ1v) is 10.6. The lowest BCUT2D eigenvalue weighted by molar-refractivity contribution is -0.142. The van der Waals surface area contributed by atoms with Gasteiger partial charge in [0.05, 0.1) is 5.92 Å². The van der Waals surface area contributed by atoms with Crippen molar-refractivity contribution in [1.29, 1.82) is 0 Å². The van der Waals surface area contributed by atoms with Gasteiger partial charge in [-0.05, 0) is 23.1 Å². The van der Waals surface area contributed by atoms with E-state index in [-0.39, 0.29) is 23.5 Å². The molecular weight excluding hydrogens is 386 g/mol. The fraction of sp³-hybridized carbons (Fsp3) is 0.222. The fourth-order valence-corrected chi connectivity index (χ4v) is 5.43. The van der Waals surface area contributed by atoms with Gasteiger partial charge in [0, 0.05) is 24.5 Å². The molecule has 4 nitrogen and oxygen atoms in total. The molecule has 0 unspecified atom stereocenters. The number of carboxylic acid groups (broad SMARTS) is 1. The number of carbonyl (C=O) groups is 1. The topological polar surface area (TPSA) is 72.0 Å². The normalized spacial score (nSPS) is 26.4. The highest BCUT2D eigenvalue weighted by atomic mass is 16.4. The maximum absolute atomic E-state index is 12.6. The summed E-state index contributed by atoms with van der Waals surface area (Å²) in [6, 6.07) is 30.8. The Kier molecular flexibility index (Phi) is 6.03. The smallest absolute Gasteiger partial charge is 0.309 e. The van der Waals surface area contributed by atoms with E-state index >= 15 is 0 Å². The molecule has 0 radical (unpaired) electrons. The number of hydrogen-bond donors (Lipinski definition) is 1. The SMILES string of the molecule is O.O=C(O)[C@H]1[C@H](c2ccccc2)[C@@H](c2ccccc2)N2CC/C(=C\c3ccccc3)[C@@H]12. The largest absolute Gasteiger partial charge is 0.481 e. The summed E-state index contributed by atoms with van der Waals surface area (Å²) in [5.41, 5.74) is 4.67. The predicted octanol–water partition coefficient (Wildman–Crippen LogP) is 4.56. The molecule has 4 atom stereocenters. The molecule has 0 bridgehead atoms. The lowest BCUT2D eigenvalue weighted by atomic mass is 9.77. The summed E-state index contributed by atoms with van der Waals surface area (Å²) in [4.78, 5) is 15.1. The lowest BCUT2D eigenvalue weighted by Gasteiger charge is -2.28. The Morgan fingerprint density at radius 2 is 1.35 bits per heavy atom. The number of aliphatic carboxylic acids is 1. The Labute approximate surface area is 182 Å². The summed E-state index contributed by atoms with van der Waals surface area (Å²) >= 11 is 0. The third-order valence-electron chi connectivity index (χ3n) is 6.58. The van der Waals surface area contributed by atoms with E-state index in [1.165, 1.54) is 11.1 Å². The van der Waals surface area contributed by atoms with Gasteiger partial charge in [-0.1, -0.05) is 103 Å². The number of hydrogen-bond acceptors (Lipinski definition) is 2. The van der Waals surface area contributed by atoms with E-state index < -0.39 is 11.9 Å². The average Bonchev–Trinajstić information content (AvgIpc) is 3.34. The second-order valence-corrected chi connectivity index (χ2v) is 8.22. The van der Waals surface area contributed by atoms with E-state index in [4.69, 9.17) is 0 Å². The van der Waals surface area contributed by atoms with Crippen LogP contribution in [-0.4, -0.2) is 34.0 Å². The molecule has 2 heterocycles. The van der Waals surface area contributed by atoms with Gasteiger partial charge in [0.15, 0.2) is 0 Å². The Bertz CT molecular complexity index is 1050. The van der Waals surface area contributed by atoms with Gasteiger partial charge in [-0.15, -0.1) is 0 Å². The number of fused-ring (bicyclic) bond motifs is 1. The number of benzene rings is 3. The van der Waals surface area contributed by atoms with E-state index in [9.17, 15) is 9.90 Å². The van der Waals surface area contributed by atoms with Crippen LogP contribution >= 0.6 is 0 Å². The third kappa shape index (κ3) is 3.80. The second-order valence-electron chi connectivity index (χ2n) is 8.22. The van der Waals surface area contributed by atoms with Crippen LogP contribution in [0.5, 0.6) is 0 Å². The van der Waals surface area contributed by atoms with Crippen molar-refractivity contribution in [2.75, 3.05) is 6.54 Å². The molecule has 2 aliphatic heterocycles. The zero-order chi connectivity index (χ0) is 20.5. The Morgan fingerprint density at radius 1 is 0.806 bits per heavy atom. The van der Waals surface area contributed by atoms with Gasteiger partial charge in [0.25, 0.3) is 0 Å². The monoisotopic (exact) mass is 413 g/mol. The quantitative estimate of drug-likeness (QED) is 0.682. The van der Waals surface area contributed by atoms with E-state index in [1.54, 1.807) is 0 Å². The van der Waals surface area contributed by atoms with Gasteiger partial charge in [0.2, 0.25) is 0 Å². The molecule has 4 heteroatoms. The zero-order valence-corrected chi connectivity index (χ0v) is 17.3. The molecule has 31 heavy (non-hydrogen) atoms. The van der Waals surface area contributed by atoms with Crippen molar-refractivity contribution >= 4 is 12.0 Å². The molecule has 2 fully saturated rings. The van der Waals surface area contributed by atoms with Crippen LogP contribution < -0.4 is 0 Å². The molecule has 0 saturated carbocycles. The average molecular weight is 414 g/mol. The van der Waals surface area contributed by atoms with Gasteiger partial charge in [-0.3, -0.25) is 9.69 Å². The van der Waals surface area contributed by atoms with Crippen LogP contribution in [0.25, 0.3) is 6.08 Å². The molecule has 5 rings (SSSR count). The van der Waals surface area contributed by atoms with Gasteiger partial charge in [-0.2, -0.15) is 0 Å². The number of rotatable bonds is 4. The van der Waals surface area contributed by atoms with Crippen molar-refractivity contribution in [3.8, 4) is 0 Å². The maximum Gasteiger partial charge on any atom is 0.309 e. The third-order valence-corrected chi connectivity index (χ3v) is 6.58. The lowest BCUT2D eigenvalue weighted by Crippen LogP contribution is -2.32. The highest BCUT2D eigenvalue weighted by molar-refractivity contribution is 5.75. The Balaban J connectivity index is 0.00000231. The number of nitrogens with zero attached hydrogens (tertiary/aromatic N) is 1. The Morgan fingerprint density at radius 3 is 1.94 bits per heavy atom. The minimum absolute atomic E-state index is 0. The highest BCUT2D eigenvalue weighted by Gasteiger charge is 2.56. The predicted molar refractivity (Wildman–Crippen MR) is 123 cm³/mol. The molecule has 0 spiro atoms. The molecule has 3 aromatic carbocycles. The van der Waals surface area contributed by atoms with Crippen LogP contribution in [0.2, 0.25) is 0 Å². The maximum atomic E-state index is 12.6. The summed E-state index contributed by atoms with van der Waals surface area (Å²) in [5, 5.41) is 10.4. The van der Waals surface area contributed by atoms with Gasteiger partial charge in [0.1, 0.15) is 0 Å². The van der Waals surface area contributed by atoms with E-state index in [1.807, 2.05) is 42.5 Å². The first kappa shape index (κ1) is 21.0. The molecule has 0 aliphatic carbocycles. The standard InChI is InChI=1S/C27H25NO2.H2O/c29-27(30)24-23(20-12-6-2-7-13-20)25(21-14-8-3-9-15-21)28-17-16-22(26(24)28)18-19-10-4-1-5-11-19;/h1-15,18,23-26H,16-17H2,(H,29,30);1H2/b22-18+;/t23-,24-,25+,26-;/m0./s1. The summed E-state index contributed by atoms with van der Waals surface area (Å²) in [7, 11) is 0. The molecule has 0 amide bonds. The molecular formula is C27H27NO3. The molecule has 3 aromatic rings. The van der Waals surface area contributed by atoms with E-state index in [0.717, 1.165) is 24.1 Å². The van der Waals surface area contributed by atoms with Crippen LogP contribution in [0.3, 0.4) is 0 Å². The van der Waals surface area contributed by atoms with Crippen molar-refractivity contribution in [1.82, 2.24) is 4.90 Å². The minimum atomic E-state index is -0.710.